The fourth-order valence-electron chi connectivity index (χ4n) is 4.10. The van der Waals surface area contributed by atoms with E-state index in [1.807, 2.05) is 42.5 Å². The van der Waals surface area contributed by atoms with E-state index in [0.29, 0.717) is 34.1 Å². The topological polar surface area (TPSA) is 92.4 Å². The Balaban J connectivity index is 1.71. The van der Waals surface area contributed by atoms with Crippen molar-refractivity contribution in [1.29, 1.82) is 0 Å². The molecule has 1 amide bonds. The van der Waals surface area contributed by atoms with Gasteiger partial charge in [0.1, 0.15) is 0 Å². The van der Waals surface area contributed by atoms with Gasteiger partial charge in [-0.3, -0.25) is 4.79 Å². The molecule has 0 aliphatic heterocycles. The zero-order chi connectivity index (χ0) is 25.7. The first-order chi connectivity index (χ1) is 17.3. The number of carbonyl (C=O) groups is 1. The third kappa shape index (κ3) is 5.69. The average molecular weight is 481 g/mol. The van der Waals surface area contributed by atoms with Gasteiger partial charge in [-0.05, 0) is 65.8 Å². The number of aromatic nitrogens is 1. The number of carbonyl (C=O) groups excluding carboxylic acids is 1. The van der Waals surface area contributed by atoms with Gasteiger partial charge in [-0.15, -0.1) is 5.73 Å². The van der Waals surface area contributed by atoms with Crippen molar-refractivity contribution < 1.29 is 14.4 Å². The molecule has 0 saturated heterocycles. The summed E-state index contributed by atoms with van der Waals surface area (Å²) in [4.78, 5) is 25.5. The van der Waals surface area contributed by atoms with Crippen molar-refractivity contribution in [2.24, 2.45) is 0 Å². The van der Waals surface area contributed by atoms with Crippen LogP contribution < -0.4 is 10.9 Å². The molecule has 0 fully saturated rings. The lowest BCUT2D eigenvalue weighted by molar-refractivity contribution is -0.113. The van der Waals surface area contributed by atoms with Gasteiger partial charge in [0, 0.05) is 11.1 Å². The van der Waals surface area contributed by atoms with Crippen LogP contribution in [0.3, 0.4) is 0 Å². The Kier molecular flexibility index (Phi) is 7.30. The maximum atomic E-state index is 13.5. The molecule has 2 N–H and O–H groups in total. The molecule has 0 aliphatic rings. The van der Waals surface area contributed by atoms with E-state index in [1.54, 1.807) is 31.2 Å². The number of rotatable bonds is 7. The van der Waals surface area contributed by atoms with E-state index in [2.05, 4.69) is 42.2 Å². The Bertz CT molecular complexity index is 1530. The van der Waals surface area contributed by atoms with Gasteiger partial charge in [0.15, 0.2) is 0 Å². The van der Waals surface area contributed by atoms with Crippen LogP contribution in [0.4, 0.5) is 5.69 Å². The summed E-state index contributed by atoms with van der Waals surface area (Å²) < 4.78 is 4.79. The SMILES string of the molecule is Cc1noc(=O)c2ccc(NC(=O)C(=C=Cc3cccc(CO)c3)CC(C)(C)c3ccccc3)cc12. The highest BCUT2D eigenvalue weighted by Crippen LogP contribution is 2.31. The van der Waals surface area contributed by atoms with E-state index in [1.165, 1.54) is 0 Å². The molecule has 1 aromatic heterocycles. The van der Waals surface area contributed by atoms with E-state index < -0.39 is 5.63 Å². The van der Waals surface area contributed by atoms with Gasteiger partial charge >= 0.3 is 5.63 Å². The second-order valence-corrected chi connectivity index (χ2v) is 9.37. The van der Waals surface area contributed by atoms with E-state index in [9.17, 15) is 14.7 Å². The third-order valence-electron chi connectivity index (χ3n) is 6.15. The van der Waals surface area contributed by atoms with Crippen molar-refractivity contribution in [2.45, 2.75) is 39.2 Å². The van der Waals surface area contributed by atoms with Crippen molar-refractivity contribution in [3.63, 3.8) is 0 Å². The van der Waals surface area contributed by atoms with Crippen LogP contribution in [0.2, 0.25) is 0 Å². The molecule has 6 heteroatoms. The molecule has 0 unspecified atom stereocenters. The normalized spacial score (nSPS) is 11.1. The zero-order valence-corrected chi connectivity index (χ0v) is 20.5. The summed E-state index contributed by atoms with van der Waals surface area (Å²) in [5.41, 5.74) is 6.67. The molecule has 0 aliphatic carbocycles. The highest BCUT2D eigenvalue weighted by Gasteiger charge is 2.25. The number of nitrogens with zero attached hydrogens (tertiary/aromatic N) is 1. The predicted molar refractivity (Wildman–Crippen MR) is 142 cm³/mol. The van der Waals surface area contributed by atoms with Crippen molar-refractivity contribution in [3.05, 3.63) is 117 Å². The molecule has 4 aromatic rings. The molecule has 182 valence electrons. The summed E-state index contributed by atoms with van der Waals surface area (Å²) in [5.74, 6) is -0.290. The van der Waals surface area contributed by atoms with Gasteiger partial charge in [-0.2, -0.15) is 0 Å². The number of nitrogens with one attached hydrogen (secondary N) is 1. The minimum absolute atomic E-state index is 0.0611. The summed E-state index contributed by atoms with van der Waals surface area (Å²) in [6, 6.07) is 22.5. The molecular weight excluding hydrogens is 452 g/mol. The molecule has 0 spiro atoms. The minimum atomic E-state index is -0.522. The molecule has 36 heavy (non-hydrogen) atoms. The number of anilines is 1. The van der Waals surface area contributed by atoms with Crippen LogP contribution in [0.1, 0.15) is 42.7 Å². The molecule has 1 heterocycles. The fraction of sp³-hybridized carbons (Fsp3) is 0.200. The number of benzene rings is 3. The third-order valence-corrected chi connectivity index (χ3v) is 6.15. The fourth-order valence-corrected chi connectivity index (χ4v) is 4.10. The molecule has 6 nitrogen and oxygen atoms in total. The van der Waals surface area contributed by atoms with Crippen molar-refractivity contribution in [2.75, 3.05) is 5.32 Å². The smallest absolute Gasteiger partial charge is 0.366 e. The van der Waals surface area contributed by atoms with Crippen LogP contribution in [-0.4, -0.2) is 16.2 Å². The Labute approximate surface area is 209 Å². The summed E-state index contributed by atoms with van der Waals surface area (Å²) >= 11 is 0. The second kappa shape index (κ2) is 10.6. The summed E-state index contributed by atoms with van der Waals surface area (Å²) in [6.45, 7) is 5.87. The second-order valence-electron chi connectivity index (χ2n) is 9.37. The monoisotopic (exact) mass is 480 g/mol. The van der Waals surface area contributed by atoms with Crippen molar-refractivity contribution >= 4 is 28.4 Å². The Hall–Kier alpha value is -4.25. The molecule has 0 saturated carbocycles. The van der Waals surface area contributed by atoms with Crippen LogP contribution in [-0.2, 0) is 16.8 Å². The zero-order valence-electron chi connectivity index (χ0n) is 20.5. The van der Waals surface area contributed by atoms with Gasteiger partial charge in [-0.1, -0.05) is 67.5 Å². The molecule has 0 radical (unpaired) electrons. The molecular formula is C30H28N2O4. The number of hydrogen-bond donors (Lipinski definition) is 2. The van der Waals surface area contributed by atoms with Crippen LogP contribution in [0.5, 0.6) is 0 Å². The molecule has 3 aromatic carbocycles. The quantitative estimate of drug-likeness (QED) is 0.268. The maximum absolute atomic E-state index is 13.5. The summed E-state index contributed by atoms with van der Waals surface area (Å²) in [7, 11) is 0. The minimum Gasteiger partial charge on any atom is -0.392 e. The van der Waals surface area contributed by atoms with Crippen LogP contribution in [0.15, 0.2) is 93.4 Å². The molecule has 0 bridgehead atoms. The number of aryl methyl sites for hydroxylation is 1. The standard InChI is InChI=1S/C30H28N2O4/c1-20-27-17-25(14-15-26(27)29(35)36-32-20)31-28(34)23(13-12-21-8-7-9-22(16-21)19-33)18-30(2,3)24-10-5-4-6-11-24/h4-12,14-17,33H,18-19H2,1-3H3,(H,31,34). The Morgan fingerprint density at radius 3 is 2.58 bits per heavy atom. The Morgan fingerprint density at radius 1 is 1.06 bits per heavy atom. The van der Waals surface area contributed by atoms with Gasteiger partial charge in [-0.25, -0.2) is 4.79 Å². The van der Waals surface area contributed by atoms with Gasteiger partial charge in [0.25, 0.3) is 5.91 Å². The van der Waals surface area contributed by atoms with E-state index in [4.69, 9.17) is 4.52 Å². The number of amides is 1. The van der Waals surface area contributed by atoms with Crippen LogP contribution >= 0.6 is 0 Å². The van der Waals surface area contributed by atoms with E-state index in [-0.39, 0.29) is 17.9 Å². The summed E-state index contributed by atoms with van der Waals surface area (Å²) in [5, 5.41) is 17.2. The first-order valence-electron chi connectivity index (χ1n) is 11.7. The predicted octanol–water partition coefficient (Wildman–Crippen LogP) is 5.53. The summed E-state index contributed by atoms with van der Waals surface area (Å²) in [6.07, 6.45) is 2.20. The first-order valence-corrected chi connectivity index (χ1v) is 11.7. The average Bonchev–Trinajstić information content (AvgIpc) is 2.89. The largest absolute Gasteiger partial charge is 0.392 e. The van der Waals surface area contributed by atoms with Gasteiger partial charge in [0.2, 0.25) is 0 Å². The number of fused-ring (bicyclic) bond motifs is 1. The number of aliphatic hydroxyl groups is 1. The Morgan fingerprint density at radius 2 is 1.83 bits per heavy atom. The lowest BCUT2D eigenvalue weighted by atomic mass is 9.79. The lowest BCUT2D eigenvalue weighted by Crippen LogP contribution is -2.23. The van der Waals surface area contributed by atoms with Crippen LogP contribution in [0.25, 0.3) is 16.8 Å². The number of hydrogen-bond acceptors (Lipinski definition) is 5. The molecule has 0 atom stereocenters. The van der Waals surface area contributed by atoms with Gasteiger partial charge in [0.05, 0.1) is 23.3 Å². The van der Waals surface area contributed by atoms with Crippen molar-refractivity contribution in [3.8, 4) is 0 Å². The highest BCUT2D eigenvalue weighted by molar-refractivity contribution is 6.05. The highest BCUT2D eigenvalue weighted by atomic mass is 16.5. The van der Waals surface area contributed by atoms with E-state index >= 15 is 0 Å². The maximum Gasteiger partial charge on any atom is 0.366 e. The van der Waals surface area contributed by atoms with Crippen LogP contribution in [0, 0.1) is 6.92 Å². The first kappa shape index (κ1) is 24.9. The molecule has 4 rings (SSSR count). The lowest BCUT2D eigenvalue weighted by Gasteiger charge is -2.25. The van der Waals surface area contributed by atoms with Crippen molar-refractivity contribution in [1.82, 2.24) is 5.16 Å². The van der Waals surface area contributed by atoms with E-state index in [0.717, 1.165) is 16.7 Å². The van der Waals surface area contributed by atoms with Gasteiger partial charge < -0.3 is 14.9 Å². The number of aliphatic hydroxyl groups excluding tert-OH is 1.